The molecular formula is C12H18ClNO. The zero-order valence-electron chi connectivity index (χ0n) is 9.08. The average Bonchev–Trinajstić information content (AvgIpc) is 2.27. The van der Waals surface area contributed by atoms with Gasteiger partial charge in [-0.3, -0.25) is 4.79 Å². The second kappa shape index (κ2) is 4.56. The van der Waals surface area contributed by atoms with Crippen LogP contribution in [0.4, 0.5) is 0 Å². The van der Waals surface area contributed by atoms with Gasteiger partial charge in [0.25, 0.3) is 0 Å². The molecule has 1 fully saturated rings. The molecule has 15 heavy (non-hydrogen) atoms. The van der Waals surface area contributed by atoms with Crippen molar-refractivity contribution in [3.8, 4) is 0 Å². The van der Waals surface area contributed by atoms with Crippen molar-refractivity contribution in [1.29, 1.82) is 0 Å². The third kappa shape index (κ3) is 2.54. The van der Waals surface area contributed by atoms with E-state index in [1.165, 1.54) is 19.3 Å². The van der Waals surface area contributed by atoms with Gasteiger partial charge in [0.2, 0.25) is 5.91 Å². The van der Waals surface area contributed by atoms with Gasteiger partial charge in [0.15, 0.2) is 0 Å². The number of carbonyl (C=O) groups is 1. The summed E-state index contributed by atoms with van der Waals surface area (Å²) in [6.45, 7) is 2.51. The summed E-state index contributed by atoms with van der Waals surface area (Å²) in [6, 6.07) is 0. The molecule has 4 unspecified atom stereocenters. The van der Waals surface area contributed by atoms with E-state index in [4.69, 9.17) is 11.6 Å². The summed E-state index contributed by atoms with van der Waals surface area (Å²) in [5, 5.41) is 2.52. The van der Waals surface area contributed by atoms with Crippen LogP contribution in [0.1, 0.15) is 26.2 Å². The number of nitrogens with one attached hydrogen (secondary N) is 1. The molecule has 1 saturated carbocycles. The first-order valence-corrected chi connectivity index (χ1v) is 6.20. The lowest BCUT2D eigenvalue weighted by Crippen LogP contribution is -2.39. The summed E-state index contributed by atoms with van der Waals surface area (Å²) in [5.74, 6) is 2.03. The lowest BCUT2D eigenvalue weighted by atomic mass is 9.69. The van der Waals surface area contributed by atoms with Crippen molar-refractivity contribution in [2.45, 2.75) is 31.6 Å². The van der Waals surface area contributed by atoms with Gasteiger partial charge in [-0.15, -0.1) is 11.6 Å². The molecule has 2 bridgehead atoms. The van der Waals surface area contributed by atoms with Crippen LogP contribution >= 0.6 is 11.6 Å². The summed E-state index contributed by atoms with van der Waals surface area (Å²) in [4.78, 5) is 11.3. The van der Waals surface area contributed by atoms with Gasteiger partial charge < -0.3 is 5.32 Å². The Balaban J connectivity index is 1.81. The van der Waals surface area contributed by atoms with Crippen LogP contribution in [0, 0.1) is 17.8 Å². The minimum Gasteiger partial charge on any atom is -0.355 e. The number of alkyl halides is 1. The predicted octanol–water partition coefficient (Wildman–Crippen LogP) is 2.33. The molecule has 3 heteroatoms. The van der Waals surface area contributed by atoms with E-state index in [9.17, 15) is 4.79 Å². The molecule has 0 aromatic carbocycles. The van der Waals surface area contributed by atoms with Crippen molar-refractivity contribution in [3.63, 3.8) is 0 Å². The Bertz CT molecular complexity index is 275. The van der Waals surface area contributed by atoms with Crippen molar-refractivity contribution in [2.75, 3.05) is 6.54 Å². The van der Waals surface area contributed by atoms with E-state index >= 15 is 0 Å². The highest BCUT2D eigenvalue weighted by atomic mass is 35.5. The molecular weight excluding hydrogens is 210 g/mol. The van der Waals surface area contributed by atoms with Crippen molar-refractivity contribution in [3.05, 3.63) is 12.2 Å². The largest absolute Gasteiger partial charge is 0.355 e. The first-order chi connectivity index (χ1) is 7.16. The molecule has 4 atom stereocenters. The number of hydrogen-bond donors (Lipinski definition) is 1. The monoisotopic (exact) mass is 227 g/mol. The maximum Gasteiger partial charge on any atom is 0.237 e. The molecule has 2 nitrogen and oxygen atoms in total. The van der Waals surface area contributed by atoms with Gasteiger partial charge >= 0.3 is 0 Å². The molecule has 0 heterocycles. The second-order valence-corrected chi connectivity index (χ2v) is 5.40. The molecule has 1 amide bonds. The fraction of sp³-hybridized carbons (Fsp3) is 0.750. The number of allylic oxidation sites excluding steroid dienone is 2. The quantitative estimate of drug-likeness (QED) is 0.582. The average molecular weight is 228 g/mol. The first-order valence-electron chi connectivity index (χ1n) is 5.77. The molecule has 0 radical (unpaired) electrons. The van der Waals surface area contributed by atoms with Crippen molar-refractivity contribution in [2.24, 2.45) is 17.8 Å². The first kappa shape index (κ1) is 11.0. The Labute approximate surface area is 96.1 Å². The molecule has 3 aliphatic rings. The topological polar surface area (TPSA) is 29.1 Å². The van der Waals surface area contributed by atoms with Crippen LogP contribution in [-0.2, 0) is 4.79 Å². The molecule has 84 valence electrons. The third-order valence-electron chi connectivity index (χ3n) is 3.61. The van der Waals surface area contributed by atoms with Gasteiger partial charge in [-0.05, 0) is 43.9 Å². The minimum atomic E-state index is -0.415. The summed E-state index contributed by atoms with van der Waals surface area (Å²) in [7, 11) is 0. The number of amides is 1. The second-order valence-electron chi connectivity index (χ2n) is 4.74. The van der Waals surface area contributed by atoms with Gasteiger partial charge in [-0.25, -0.2) is 0 Å². The molecule has 3 aliphatic carbocycles. The normalized spacial score (nSPS) is 35.2. The number of fused-ring (bicyclic) bond motifs is 2. The molecule has 0 saturated heterocycles. The van der Waals surface area contributed by atoms with E-state index in [1.807, 2.05) is 0 Å². The Hall–Kier alpha value is -0.500. The molecule has 0 aliphatic heterocycles. The van der Waals surface area contributed by atoms with Crippen LogP contribution in [-0.4, -0.2) is 17.8 Å². The Morgan fingerprint density at radius 3 is 2.80 bits per heavy atom. The van der Waals surface area contributed by atoms with Gasteiger partial charge in [-0.1, -0.05) is 12.2 Å². The molecule has 1 N–H and O–H groups in total. The summed E-state index contributed by atoms with van der Waals surface area (Å²) >= 11 is 5.70. The lowest BCUT2D eigenvalue weighted by molar-refractivity contribution is -0.120. The van der Waals surface area contributed by atoms with Crippen molar-refractivity contribution >= 4 is 17.5 Å². The maximum atomic E-state index is 11.3. The van der Waals surface area contributed by atoms with Gasteiger partial charge in [0.1, 0.15) is 5.38 Å². The maximum absolute atomic E-state index is 11.3. The van der Waals surface area contributed by atoms with Crippen molar-refractivity contribution < 1.29 is 4.79 Å². The zero-order valence-corrected chi connectivity index (χ0v) is 9.83. The van der Waals surface area contributed by atoms with Gasteiger partial charge in [0.05, 0.1) is 0 Å². The van der Waals surface area contributed by atoms with E-state index in [-0.39, 0.29) is 5.91 Å². The summed E-state index contributed by atoms with van der Waals surface area (Å²) < 4.78 is 0. The molecule has 0 spiro atoms. The highest BCUT2D eigenvalue weighted by molar-refractivity contribution is 6.30. The number of carbonyl (C=O) groups excluding carboxylic acids is 1. The van der Waals surface area contributed by atoms with Crippen LogP contribution in [0.3, 0.4) is 0 Å². The Morgan fingerprint density at radius 1 is 1.53 bits per heavy atom. The van der Waals surface area contributed by atoms with E-state index in [0.717, 1.165) is 12.5 Å². The predicted molar refractivity (Wildman–Crippen MR) is 61.8 cm³/mol. The zero-order chi connectivity index (χ0) is 10.8. The van der Waals surface area contributed by atoms with Crippen LogP contribution in [0.25, 0.3) is 0 Å². The van der Waals surface area contributed by atoms with E-state index in [2.05, 4.69) is 17.5 Å². The lowest BCUT2D eigenvalue weighted by Gasteiger charge is -2.38. The number of rotatable bonds is 3. The third-order valence-corrected chi connectivity index (χ3v) is 3.81. The van der Waals surface area contributed by atoms with E-state index < -0.39 is 5.38 Å². The highest BCUT2D eigenvalue weighted by Gasteiger charge is 2.31. The van der Waals surface area contributed by atoms with Gasteiger partial charge in [0, 0.05) is 6.54 Å². The summed E-state index contributed by atoms with van der Waals surface area (Å²) in [6.07, 6.45) is 8.53. The van der Waals surface area contributed by atoms with Crippen LogP contribution in [0.15, 0.2) is 12.2 Å². The van der Waals surface area contributed by atoms with Crippen LogP contribution in [0.5, 0.6) is 0 Å². The fourth-order valence-corrected chi connectivity index (χ4v) is 2.74. The number of halogens is 1. The summed E-state index contributed by atoms with van der Waals surface area (Å²) in [5.41, 5.74) is 0. The van der Waals surface area contributed by atoms with Crippen LogP contribution < -0.4 is 5.32 Å². The Morgan fingerprint density at radius 2 is 2.33 bits per heavy atom. The highest BCUT2D eigenvalue weighted by Crippen LogP contribution is 2.39. The molecule has 0 aromatic heterocycles. The SMILES string of the molecule is CC(Cl)C(=O)NCC1CC2C=CC1CC2. The van der Waals surface area contributed by atoms with Gasteiger partial charge in [-0.2, -0.15) is 0 Å². The molecule has 0 aromatic rings. The van der Waals surface area contributed by atoms with Crippen LogP contribution in [0.2, 0.25) is 0 Å². The molecule has 3 rings (SSSR count). The van der Waals surface area contributed by atoms with Crippen molar-refractivity contribution in [1.82, 2.24) is 5.32 Å². The fourth-order valence-electron chi connectivity index (χ4n) is 2.66. The van der Waals surface area contributed by atoms with E-state index in [0.29, 0.717) is 11.8 Å². The van der Waals surface area contributed by atoms with E-state index in [1.54, 1.807) is 6.92 Å². The smallest absolute Gasteiger partial charge is 0.237 e. The minimum absolute atomic E-state index is 0.0397. The number of hydrogen-bond acceptors (Lipinski definition) is 1. The Kier molecular flexibility index (Phi) is 3.35. The standard InChI is InChI=1S/C12H18ClNO/c1-8(13)12(15)14-7-11-6-9-2-4-10(11)5-3-9/h2,4,8-11H,3,5-7H2,1H3,(H,14,15).